The minimum Gasteiger partial charge on any atom is -0.380 e. The monoisotopic (exact) mass is 172 g/mol. The van der Waals surface area contributed by atoms with E-state index >= 15 is 0 Å². The molecule has 0 saturated heterocycles. The van der Waals surface area contributed by atoms with Crippen LogP contribution in [0.15, 0.2) is 23.3 Å². The average Bonchev–Trinajstić information content (AvgIpc) is 1.98. The zero-order valence-electron chi connectivity index (χ0n) is 6.93. The van der Waals surface area contributed by atoms with Gasteiger partial charge in [-0.2, -0.15) is 0 Å². The second kappa shape index (κ2) is 3.93. The second-order valence-electron chi connectivity index (χ2n) is 2.76. The summed E-state index contributed by atoms with van der Waals surface area (Å²) in [6.07, 6.45) is 5.17. The van der Waals surface area contributed by atoms with Crippen LogP contribution in [0.3, 0.4) is 0 Å². The van der Waals surface area contributed by atoms with E-state index in [-0.39, 0.29) is 5.38 Å². The molecule has 1 atom stereocenters. The van der Waals surface area contributed by atoms with Gasteiger partial charge in [0.15, 0.2) is 0 Å². The van der Waals surface area contributed by atoms with Crippen molar-refractivity contribution in [3.8, 4) is 0 Å². The number of hydrogen-bond donors (Lipinski definition) is 0. The fraction of sp³-hybridized carbons (Fsp3) is 0.556. The number of allylic oxidation sites excluding steroid dienone is 2. The molecule has 1 aliphatic rings. The van der Waals surface area contributed by atoms with Crippen molar-refractivity contribution in [2.75, 3.05) is 13.7 Å². The van der Waals surface area contributed by atoms with Crippen LogP contribution in [0, 0.1) is 0 Å². The van der Waals surface area contributed by atoms with E-state index in [4.69, 9.17) is 16.3 Å². The van der Waals surface area contributed by atoms with E-state index in [0.29, 0.717) is 6.61 Å². The molecule has 0 aromatic heterocycles. The summed E-state index contributed by atoms with van der Waals surface area (Å²) >= 11 is 5.94. The van der Waals surface area contributed by atoms with Crippen molar-refractivity contribution in [3.05, 3.63) is 23.3 Å². The van der Waals surface area contributed by atoms with Gasteiger partial charge in [0.05, 0.1) is 12.0 Å². The first-order valence-corrected chi connectivity index (χ1v) is 4.18. The summed E-state index contributed by atoms with van der Waals surface area (Å²) in [6, 6.07) is 0. The summed E-state index contributed by atoms with van der Waals surface area (Å²) in [4.78, 5) is 0. The number of methoxy groups -OCH3 is 1. The molecule has 0 radical (unpaired) electrons. The highest BCUT2D eigenvalue weighted by Crippen LogP contribution is 2.21. The van der Waals surface area contributed by atoms with Gasteiger partial charge in [0.25, 0.3) is 0 Å². The molecule has 0 spiro atoms. The Balaban J connectivity index is 2.65. The van der Waals surface area contributed by atoms with Crippen LogP contribution in [0.2, 0.25) is 0 Å². The highest BCUT2D eigenvalue weighted by molar-refractivity contribution is 6.22. The van der Waals surface area contributed by atoms with Crippen LogP contribution in [-0.2, 0) is 4.74 Å². The van der Waals surface area contributed by atoms with E-state index in [0.717, 1.165) is 6.42 Å². The summed E-state index contributed by atoms with van der Waals surface area (Å²) in [5.74, 6) is 0. The maximum absolute atomic E-state index is 5.94. The van der Waals surface area contributed by atoms with Gasteiger partial charge in [-0.3, -0.25) is 0 Å². The molecule has 2 heteroatoms. The van der Waals surface area contributed by atoms with Crippen LogP contribution in [0.4, 0.5) is 0 Å². The van der Waals surface area contributed by atoms with E-state index in [1.807, 2.05) is 0 Å². The van der Waals surface area contributed by atoms with Gasteiger partial charge in [0.1, 0.15) is 0 Å². The third kappa shape index (κ3) is 2.35. The minimum absolute atomic E-state index is 0.156. The largest absolute Gasteiger partial charge is 0.380 e. The Labute approximate surface area is 72.7 Å². The van der Waals surface area contributed by atoms with Gasteiger partial charge in [0.2, 0.25) is 0 Å². The molecule has 0 N–H and O–H groups in total. The van der Waals surface area contributed by atoms with Gasteiger partial charge >= 0.3 is 0 Å². The Morgan fingerprint density at radius 2 is 2.45 bits per heavy atom. The fourth-order valence-corrected chi connectivity index (χ4v) is 1.40. The van der Waals surface area contributed by atoms with Crippen LogP contribution in [0.5, 0.6) is 0 Å². The molecule has 0 aromatic rings. The summed E-state index contributed by atoms with van der Waals surface area (Å²) in [6.45, 7) is 2.76. The maximum Gasteiger partial charge on any atom is 0.0712 e. The van der Waals surface area contributed by atoms with Gasteiger partial charge in [-0.1, -0.05) is 12.2 Å². The standard InChI is InChI=1S/C9H13ClO/c1-7-3-4-9(10)5-8(7)6-11-2/h3,5,9H,4,6H2,1-2H3. The zero-order valence-corrected chi connectivity index (χ0v) is 7.69. The summed E-state index contributed by atoms with van der Waals surface area (Å²) in [7, 11) is 1.70. The number of rotatable bonds is 2. The van der Waals surface area contributed by atoms with Crippen molar-refractivity contribution in [1.82, 2.24) is 0 Å². The number of hydrogen-bond acceptors (Lipinski definition) is 1. The molecule has 11 heavy (non-hydrogen) atoms. The highest BCUT2D eigenvalue weighted by atomic mass is 35.5. The molecular formula is C9H13ClO. The summed E-state index contributed by atoms with van der Waals surface area (Å²) in [5.41, 5.74) is 2.52. The molecule has 0 aliphatic heterocycles. The quantitative estimate of drug-likeness (QED) is 0.582. The lowest BCUT2D eigenvalue weighted by Crippen LogP contribution is -2.06. The first kappa shape index (κ1) is 8.82. The van der Waals surface area contributed by atoms with Crippen LogP contribution >= 0.6 is 11.6 Å². The summed E-state index contributed by atoms with van der Waals surface area (Å²) in [5, 5.41) is 0.156. The summed E-state index contributed by atoms with van der Waals surface area (Å²) < 4.78 is 5.03. The third-order valence-electron chi connectivity index (χ3n) is 1.84. The SMILES string of the molecule is COCC1=CC(Cl)CC=C1C. The van der Waals surface area contributed by atoms with Crippen molar-refractivity contribution >= 4 is 11.6 Å². The van der Waals surface area contributed by atoms with Crippen LogP contribution in [0.25, 0.3) is 0 Å². The molecule has 1 aliphatic carbocycles. The van der Waals surface area contributed by atoms with E-state index in [2.05, 4.69) is 19.1 Å². The Morgan fingerprint density at radius 1 is 1.73 bits per heavy atom. The van der Waals surface area contributed by atoms with E-state index in [1.165, 1.54) is 11.1 Å². The van der Waals surface area contributed by atoms with Gasteiger partial charge in [-0.25, -0.2) is 0 Å². The average molecular weight is 173 g/mol. The van der Waals surface area contributed by atoms with E-state index in [1.54, 1.807) is 7.11 Å². The predicted octanol–water partition coefficient (Wildman–Crippen LogP) is 2.52. The molecule has 62 valence electrons. The molecule has 1 rings (SSSR count). The van der Waals surface area contributed by atoms with E-state index in [9.17, 15) is 0 Å². The van der Waals surface area contributed by atoms with Gasteiger partial charge in [-0.15, -0.1) is 11.6 Å². The Kier molecular flexibility index (Phi) is 3.16. The molecular weight excluding hydrogens is 160 g/mol. The number of alkyl halides is 1. The van der Waals surface area contributed by atoms with Gasteiger partial charge in [-0.05, 0) is 24.5 Å². The Hall–Kier alpha value is -0.270. The normalized spacial score (nSPS) is 24.5. The lowest BCUT2D eigenvalue weighted by atomic mass is 10.00. The van der Waals surface area contributed by atoms with Crippen LogP contribution in [0.1, 0.15) is 13.3 Å². The topological polar surface area (TPSA) is 9.23 Å². The van der Waals surface area contributed by atoms with Crippen LogP contribution < -0.4 is 0 Å². The smallest absolute Gasteiger partial charge is 0.0712 e. The Morgan fingerprint density at radius 3 is 3.09 bits per heavy atom. The van der Waals surface area contributed by atoms with Gasteiger partial charge < -0.3 is 4.74 Å². The molecule has 0 bridgehead atoms. The Bertz CT molecular complexity index is 194. The lowest BCUT2D eigenvalue weighted by molar-refractivity contribution is 0.226. The molecule has 1 nitrogen and oxygen atoms in total. The highest BCUT2D eigenvalue weighted by Gasteiger charge is 2.09. The predicted molar refractivity (Wildman–Crippen MR) is 48.0 cm³/mol. The molecule has 0 aromatic carbocycles. The third-order valence-corrected chi connectivity index (χ3v) is 2.14. The van der Waals surface area contributed by atoms with Crippen molar-refractivity contribution < 1.29 is 4.74 Å². The van der Waals surface area contributed by atoms with Crippen LogP contribution in [-0.4, -0.2) is 19.1 Å². The van der Waals surface area contributed by atoms with Crippen molar-refractivity contribution in [1.29, 1.82) is 0 Å². The minimum atomic E-state index is 0.156. The van der Waals surface area contributed by atoms with Crippen molar-refractivity contribution in [2.24, 2.45) is 0 Å². The zero-order chi connectivity index (χ0) is 8.27. The second-order valence-corrected chi connectivity index (χ2v) is 3.32. The van der Waals surface area contributed by atoms with Crippen molar-refractivity contribution in [3.63, 3.8) is 0 Å². The molecule has 0 amide bonds. The molecule has 0 heterocycles. The van der Waals surface area contributed by atoms with E-state index < -0.39 is 0 Å². The number of halogens is 1. The number of ether oxygens (including phenoxy) is 1. The maximum atomic E-state index is 5.94. The molecule has 0 fully saturated rings. The first-order valence-electron chi connectivity index (χ1n) is 3.75. The van der Waals surface area contributed by atoms with Crippen molar-refractivity contribution in [2.45, 2.75) is 18.7 Å². The fourth-order valence-electron chi connectivity index (χ4n) is 1.16. The molecule has 1 unspecified atom stereocenters. The van der Waals surface area contributed by atoms with Gasteiger partial charge in [0, 0.05) is 7.11 Å². The first-order chi connectivity index (χ1) is 5.24. The molecule has 0 saturated carbocycles. The lowest BCUT2D eigenvalue weighted by Gasteiger charge is -2.14.